The van der Waals surface area contributed by atoms with Crippen LogP contribution in [-0.4, -0.2) is 33.2 Å². The molecule has 25 heavy (non-hydrogen) atoms. The van der Waals surface area contributed by atoms with Gasteiger partial charge in [-0.25, -0.2) is 4.39 Å². The van der Waals surface area contributed by atoms with Crippen molar-refractivity contribution >= 4 is 11.6 Å². The molecule has 6 nitrogen and oxygen atoms in total. The van der Waals surface area contributed by atoms with E-state index in [0.717, 1.165) is 0 Å². The number of nitrogens with one attached hydrogen (secondary N) is 2. The Bertz CT molecular complexity index is 780. The van der Waals surface area contributed by atoms with Crippen molar-refractivity contribution in [3.05, 3.63) is 53.3 Å². The molecule has 2 N–H and O–H groups in total. The highest BCUT2D eigenvalue weighted by atomic mass is 19.1. The smallest absolute Gasteiger partial charge is 0.251 e. The van der Waals surface area contributed by atoms with Crippen molar-refractivity contribution in [1.82, 2.24) is 5.32 Å². The van der Waals surface area contributed by atoms with E-state index in [1.165, 1.54) is 26.4 Å². The minimum atomic E-state index is -0.583. The lowest BCUT2D eigenvalue weighted by Crippen LogP contribution is -2.29. The van der Waals surface area contributed by atoms with Gasteiger partial charge in [-0.3, -0.25) is 4.79 Å². The molecular formula is C18H18FN3O3. The van der Waals surface area contributed by atoms with Gasteiger partial charge in [0, 0.05) is 24.7 Å². The number of anilines is 1. The number of nitrogens with zero attached hydrogens (tertiary/aromatic N) is 1. The molecule has 0 unspecified atom stereocenters. The second-order valence-corrected chi connectivity index (χ2v) is 5.06. The maximum Gasteiger partial charge on any atom is 0.251 e. The molecule has 0 heterocycles. The SMILES string of the molecule is COc1cc(OC)cc(C(=O)NCCNc2cccc(F)c2C#N)c1. The van der Waals surface area contributed by atoms with Crippen LogP contribution >= 0.6 is 0 Å². The van der Waals surface area contributed by atoms with E-state index in [4.69, 9.17) is 14.7 Å². The van der Waals surface area contributed by atoms with Crippen molar-refractivity contribution < 1.29 is 18.7 Å². The third-order valence-electron chi connectivity index (χ3n) is 3.47. The van der Waals surface area contributed by atoms with Crippen LogP contribution in [0.4, 0.5) is 10.1 Å². The van der Waals surface area contributed by atoms with E-state index in [2.05, 4.69) is 10.6 Å². The van der Waals surface area contributed by atoms with Crippen LogP contribution in [0.3, 0.4) is 0 Å². The average molecular weight is 343 g/mol. The molecule has 2 aromatic carbocycles. The van der Waals surface area contributed by atoms with Crippen molar-refractivity contribution in [3.8, 4) is 17.6 Å². The Labute approximate surface area is 145 Å². The van der Waals surface area contributed by atoms with Crippen LogP contribution in [-0.2, 0) is 0 Å². The summed E-state index contributed by atoms with van der Waals surface area (Å²) in [5.74, 6) is 0.154. The summed E-state index contributed by atoms with van der Waals surface area (Å²) >= 11 is 0. The lowest BCUT2D eigenvalue weighted by molar-refractivity contribution is 0.0954. The number of amides is 1. The van der Waals surface area contributed by atoms with Crippen LogP contribution in [0, 0.1) is 17.1 Å². The number of halogens is 1. The first kappa shape index (κ1) is 18.1. The standard InChI is InChI=1S/C18H18FN3O3/c1-24-13-8-12(9-14(10-13)25-2)18(23)22-7-6-21-17-5-3-4-16(19)15(17)11-20/h3-5,8-10,21H,6-7H2,1-2H3,(H,22,23). The van der Waals surface area contributed by atoms with Crippen LogP contribution in [0.25, 0.3) is 0 Å². The minimum absolute atomic E-state index is 0.0497. The maximum atomic E-state index is 13.5. The third kappa shape index (κ3) is 4.61. The zero-order valence-electron chi connectivity index (χ0n) is 13.9. The monoisotopic (exact) mass is 343 g/mol. The molecule has 2 aromatic rings. The van der Waals surface area contributed by atoms with Gasteiger partial charge in [0.2, 0.25) is 0 Å². The van der Waals surface area contributed by atoms with Crippen LogP contribution < -0.4 is 20.1 Å². The fraction of sp³-hybridized carbons (Fsp3) is 0.222. The summed E-state index contributed by atoms with van der Waals surface area (Å²) in [5.41, 5.74) is 0.742. The molecule has 0 saturated carbocycles. The largest absolute Gasteiger partial charge is 0.497 e. The van der Waals surface area contributed by atoms with Crippen molar-refractivity contribution in [2.75, 3.05) is 32.6 Å². The molecule has 0 bridgehead atoms. The highest BCUT2D eigenvalue weighted by Gasteiger charge is 2.10. The van der Waals surface area contributed by atoms with E-state index >= 15 is 0 Å². The Hall–Kier alpha value is -3.27. The van der Waals surface area contributed by atoms with Gasteiger partial charge >= 0.3 is 0 Å². The first-order valence-corrected chi connectivity index (χ1v) is 7.52. The van der Waals surface area contributed by atoms with E-state index in [-0.39, 0.29) is 11.5 Å². The number of methoxy groups -OCH3 is 2. The molecule has 130 valence electrons. The predicted molar refractivity (Wildman–Crippen MR) is 91.5 cm³/mol. The van der Waals surface area contributed by atoms with Gasteiger partial charge in [-0.2, -0.15) is 5.26 Å². The van der Waals surface area contributed by atoms with Gasteiger partial charge in [0.05, 0.1) is 19.9 Å². The van der Waals surface area contributed by atoms with Crippen LogP contribution in [0.2, 0.25) is 0 Å². The second kappa shape index (κ2) is 8.55. The number of carbonyl (C=O) groups excluding carboxylic acids is 1. The van der Waals surface area contributed by atoms with Crippen molar-refractivity contribution in [2.24, 2.45) is 0 Å². The fourth-order valence-electron chi connectivity index (χ4n) is 2.20. The Morgan fingerprint density at radius 2 is 1.84 bits per heavy atom. The van der Waals surface area contributed by atoms with Gasteiger partial charge in [-0.05, 0) is 24.3 Å². The minimum Gasteiger partial charge on any atom is -0.497 e. The molecule has 0 fully saturated rings. The lowest BCUT2D eigenvalue weighted by atomic mass is 10.2. The Morgan fingerprint density at radius 1 is 1.16 bits per heavy atom. The van der Waals surface area contributed by atoms with Gasteiger partial charge < -0.3 is 20.1 Å². The molecule has 0 aromatic heterocycles. The van der Waals surface area contributed by atoms with E-state index in [9.17, 15) is 9.18 Å². The van der Waals surface area contributed by atoms with Crippen molar-refractivity contribution in [3.63, 3.8) is 0 Å². The van der Waals surface area contributed by atoms with Crippen LogP contribution in [0.1, 0.15) is 15.9 Å². The normalized spacial score (nSPS) is 9.84. The van der Waals surface area contributed by atoms with Crippen molar-refractivity contribution in [1.29, 1.82) is 5.26 Å². The molecule has 0 radical (unpaired) electrons. The Kier molecular flexibility index (Phi) is 6.18. The summed E-state index contributed by atoms with van der Waals surface area (Å²) < 4.78 is 23.8. The van der Waals surface area contributed by atoms with Gasteiger partial charge in [0.25, 0.3) is 5.91 Å². The maximum absolute atomic E-state index is 13.5. The summed E-state index contributed by atoms with van der Waals surface area (Å²) in [6.45, 7) is 0.630. The fourth-order valence-corrected chi connectivity index (χ4v) is 2.20. The van der Waals surface area contributed by atoms with Gasteiger partial charge in [-0.1, -0.05) is 6.07 Å². The number of hydrogen-bond donors (Lipinski definition) is 2. The quantitative estimate of drug-likeness (QED) is 0.755. The van der Waals surface area contributed by atoms with Crippen LogP contribution in [0.5, 0.6) is 11.5 Å². The zero-order valence-corrected chi connectivity index (χ0v) is 13.9. The van der Waals surface area contributed by atoms with Gasteiger partial charge in [0.15, 0.2) is 0 Å². The highest BCUT2D eigenvalue weighted by molar-refractivity contribution is 5.95. The summed E-state index contributed by atoms with van der Waals surface area (Å²) in [5, 5.41) is 14.6. The average Bonchev–Trinajstić information content (AvgIpc) is 2.64. The number of nitriles is 1. The molecule has 0 atom stereocenters. The first-order valence-electron chi connectivity index (χ1n) is 7.52. The summed E-state index contributed by atoms with van der Waals surface area (Å²) in [6, 6.07) is 11.0. The molecule has 0 saturated heterocycles. The number of benzene rings is 2. The van der Waals surface area contributed by atoms with Crippen molar-refractivity contribution in [2.45, 2.75) is 0 Å². The molecule has 2 rings (SSSR count). The molecule has 7 heteroatoms. The van der Waals surface area contributed by atoms with Gasteiger partial charge in [-0.15, -0.1) is 0 Å². The molecule has 0 aliphatic heterocycles. The number of ether oxygens (including phenoxy) is 2. The van der Waals surface area contributed by atoms with Gasteiger partial charge in [0.1, 0.15) is 28.9 Å². The number of hydrogen-bond acceptors (Lipinski definition) is 5. The summed E-state index contributed by atoms with van der Waals surface area (Å²) in [4.78, 5) is 12.2. The molecule has 0 aliphatic carbocycles. The second-order valence-electron chi connectivity index (χ2n) is 5.06. The molecule has 0 spiro atoms. The van der Waals surface area contributed by atoms with E-state index in [0.29, 0.717) is 35.8 Å². The van der Waals surface area contributed by atoms with E-state index in [1.54, 1.807) is 24.3 Å². The number of rotatable bonds is 7. The van der Waals surface area contributed by atoms with E-state index in [1.807, 2.05) is 6.07 Å². The topological polar surface area (TPSA) is 83.4 Å². The third-order valence-corrected chi connectivity index (χ3v) is 3.47. The first-order chi connectivity index (χ1) is 12.1. The highest BCUT2D eigenvalue weighted by Crippen LogP contribution is 2.22. The molecule has 1 amide bonds. The molecular weight excluding hydrogens is 325 g/mol. The predicted octanol–water partition coefficient (Wildman–Crippen LogP) is 2.56. The van der Waals surface area contributed by atoms with Crippen LogP contribution in [0.15, 0.2) is 36.4 Å². The Balaban J connectivity index is 1.93. The molecule has 0 aliphatic rings. The van der Waals surface area contributed by atoms with E-state index < -0.39 is 5.82 Å². The lowest BCUT2D eigenvalue weighted by Gasteiger charge is -2.11. The summed E-state index contributed by atoms with van der Waals surface area (Å²) in [6.07, 6.45) is 0. The number of carbonyl (C=O) groups is 1. The Morgan fingerprint density at radius 3 is 2.44 bits per heavy atom. The summed E-state index contributed by atoms with van der Waals surface area (Å²) in [7, 11) is 3.01. The zero-order chi connectivity index (χ0) is 18.2.